The van der Waals surface area contributed by atoms with Crippen LogP contribution in [0.25, 0.3) is 5.69 Å². The smallest absolute Gasteiger partial charge is 0.0991 e. The summed E-state index contributed by atoms with van der Waals surface area (Å²) in [6.07, 6.45) is 7.81. The average molecular weight is 248 g/mol. The van der Waals surface area contributed by atoms with E-state index in [9.17, 15) is 0 Å². The molecule has 19 heavy (non-hydrogen) atoms. The van der Waals surface area contributed by atoms with E-state index >= 15 is 0 Å². The fourth-order valence-electron chi connectivity index (χ4n) is 1.95. The summed E-state index contributed by atoms with van der Waals surface area (Å²) in [6, 6.07) is 13.6. The second kappa shape index (κ2) is 4.83. The van der Waals surface area contributed by atoms with Gasteiger partial charge in [0.15, 0.2) is 0 Å². The van der Waals surface area contributed by atoms with Gasteiger partial charge in [-0.05, 0) is 29.8 Å². The Kier molecular flexibility index (Phi) is 2.87. The molecule has 0 aliphatic rings. The van der Waals surface area contributed by atoms with Crippen molar-refractivity contribution >= 4 is 0 Å². The van der Waals surface area contributed by atoms with Crippen LogP contribution in [-0.2, 0) is 6.54 Å². The Bertz CT molecular complexity index is 699. The first kappa shape index (κ1) is 11.3. The van der Waals surface area contributed by atoms with Gasteiger partial charge in [0.2, 0.25) is 0 Å². The van der Waals surface area contributed by atoms with Gasteiger partial charge in [-0.2, -0.15) is 10.4 Å². The maximum Gasteiger partial charge on any atom is 0.0991 e. The average Bonchev–Trinajstić information content (AvgIpc) is 3.10. The summed E-state index contributed by atoms with van der Waals surface area (Å²) in [7, 11) is 0. The van der Waals surface area contributed by atoms with Crippen LogP contribution in [0.3, 0.4) is 0 Å². The molecule has 0 spiro atoms. The van der Waals surface area contributed by atoms with Gasteiger partial charge in [-0.3, -0.25) is 4.68 Å². The quantitative estimate of drug-likeness (QED) is 0.715. The Morgan fingerprint density at radius 2 is 1.84 bits per heavy atom. The second-order valence-electron chi connectivity index (χ2n) is 4.30. The minimum absolute atomic E-state index is 0.678. The molecule has 0 amide bonds. The van der Waals surface area contributed by atoms with Gasteiger partial charge in [-0.1, -0.05) is 12.1 Å². The first-order valence-electron chi connectivity index (χ1n) is 6.00. The Labute approximate surface area is 111 Å². The molecule has 2 heterocycles. The molecular weight excluding hydrogens is 236 g/mol. The Hall–Kier alpha value is -2.80. The maximum absolute atomic E-state index is 8.76. The molecule has 0 N–H and O–H groups in total. The largest absolute Gasteiger partial charge is 0.321 e. The normalized spacial score (nSPS) is 10.3. The van der Waals surface area contributed by atoms with Gasteiger partial charge in [0.1, 0.15) is 0 Å². The lowest BCUT2D eigenvalue weighted by atomic mass is 10.1. The minimum atomic E-state index is 0.678. The molecular formula is C15H12N4. The molecule has 0 aliphatic heterocycles. The SMILES string of the molecule is N#Cc1ccc(Cn2cc(-n3cccc3)cn2)cc1. The van der Waals surface area contributed by atoms with Gasteiger partial charge in [0.05, 0.1) is 30.1 Å². The van der Waals surface area contributed by atoms with E-state index in [1.54, 1.807) is 0 Å². The summed E-state index contributed by atoms with van der Waals surface area (Å²) < 4.78 is 3.90. The molecule has 3 aromatic rings. The first-order valence-corrected chi connectivity index (χ1v) is 6.00. The molecule has 0 atom stereocenters. The molecule has 0 fully saturated rings. The fourth-order valence-corrected chi connectivity index (χ4v) is 1.95. The van der Waals surface area contributed by atoms with Crippen molar-refractivity contribution in [2.75, 3.05) is 0 Å². The van der Waals surface area contributed by atoms with Crippen LogP contribution >= 0.6 is 0 Å². The first-order chi connectivity index (χ1) is 9.35. The van der Waals surface area contributed by atoms with Crippen molar-refractivity contribution in [2.24, 2.45) is 0 Å². The third kappa shape index (κ3) is 2.40. The molecule has 4 nitrogen and oxygen atoms in total. The molecule has 4 heteroatoms. The summed E-state index contributed by atoms with van der Waals surface area (Å²) in [4.78, 5) is 0. The zero-order valence-corrected chi connectivity index (χ0v) is 10.3. The number of rotatable bonds is 3. The molecule has 0 radical (unpaired) electrons. The monoisotopic (exact) mass is 248 g/mol. The molecule has 0 saturated carbocycles. The molecule has 3 rings (SSSR count). The molecule has 0 saturated heterocycles. The van der Waals surface area contributed by atoms with Crippen molar-refractivity contribution in [3.05, 3.63) is 72.3 Å². The number of benzene rings is 1. The van der Waals surface area contributed by atoms with Crippen molar-refractivity contribution in [1.82, 2.24) is 14.3 Å². The highest BCUT2D eigenvalue weighted by Crippen LogP contribution is 2.09. The third-order valence-corrected chi connectivity index (χ3v) is 2.95. The van der Waals surface area contributed by atoms with E-state index in [2.05, 4.69) is 11.2 Å². The lowest BCUT2D eigenvalue weighted by Crippen LogP contribution is -1.99. The second-order valence-corrected chi connectivity index (χ2v) is 4.30. The van der Waals surface area contributed by atoms with E-state index in [4.69, 9.17) is 5.26 Å². The summed E-state index contributed by atoms with van der Waals surface area (Å²) in [6.45, 7) is 0.701. The van der Waals surface area contributed by atoms with E-state index in [0.717, 1.165) is 11.3 Å². The van der Waals surface area contributed by atoms with E-state index in [1.807, 2.05) is 70.4 Å². The minimum Gasteiger partial charge on any atom is -0.321 e. The van der Waals surface area contributed by atoms with Crippen molar-refractivity contribution in [3.8, 4) is 11.8 Å². The Morgan fingerprint density at radius 1 is 1.11 bits per heavy atom. The summed E-state index contributed by atoms with van der Waals surface area (Å²) in [5.41, 5.74) is 2.84. The van der Waals surface area contributed by atoms with Gasteiger partial charge >= 0.3 is 0 Å². The maximum atomic E-state index is 8.76. The Morgan fingerprint density at radius 3 is 2.53 bits per heavy atom. The number of nitriles is 1. The third-order valence-electron chi connectivity index (χ3n) is 2.95. The molecule has 2 aromatic heterocycles. The van der Waals surface area contributed by atoms with Gasteiger partial charge in [-0.25, -0.2) is 0 Å². The lowest BCUT2D eigenvalue weighted by molar-refractivity contribution is 0.686. The molecule has 0 unspecified atom stereocenters. The van der Waals surface area contributed by atoms with Crippen LogP contribution in [-0.4, -0.2) is 14.3 Å². The Balaban J connectivity index is 1.78. The number of hydrogen-bond donors (Lipinski definition) is 0. The van der Waals surface area contributed by atoms with Crippen LogP contribution in [0.5, 0.6) is 0 Å². The summed E-state index contributed by atoms with van der Waals surface area (Å²) in [5.74, 6) is 0. The highest BCUT2D eigenvalue weighted by atomic mass is 15.3. The summed E-state index contributed by atoms with van der Waals surface area (Å²) in [5, 5.41) is 13.1. The standard InChI is InChI=1S/C15H12N4/c16-9-13-3-5-14(6-4-13)11-19-12-15(10-17-19)18-7-1-2-8-18/h1-8,10,12H,11H2. The predicted molar refractivity (Wildman–Crippen MR) is 71.8 cm³/mol. The zero-order chi connectivity index (χ0) is 13.1. The highest BCUT2D eigenvalue weighted by Gasteiger charge is 2.01. The van der Waals surface area contributed by atoms with E-state index in [-0.39, 0.29) is 0 Å². The molecule has 0 aliphatic carbocycles. The number of hydrogen-bond acceptors (Lipinski definition) is 2. The van der Waals surface area contributed by atoms with Crippen LogP contribution in [0.4, 0.5) is 0 Å². The van der Waals surface area contributed by atoms with E-state index in [0.29, 0.717) is 12.1 Å². The van der Waals surface area contributed by atoms with Crippen molar-refractivity contribution in [1.29, 1.82) is 5.26 Å². The molecule has 1 aromatic carbocycles. The van der Waals surface area contributed by atoms with Crippen molar-refractivity contribution < 1.29 is 0 Å². The van der Waals surface area contributed by atoms with Crippen LogP contribution in [0.1, 0.15) is 11.1 Å². The fraction of sp³-hybridized carbons (Fsp3) is 0.0667. The number of nitrogens with zero attached hydrogens (tertiary/aromatic N) is 4. The molecule has 0 bridgehead atoms. The van der Waals surface area contributed by atoms with Crippen LogP contribution < -0.4 is 0 Å². The topological polar surface area (TPSA) is 46.5 Å². The van der Waals surface area contributed by atoms with Crippen molar-refractivity contribution in [2.45, 2.75) is 6.54 Å². The van der Waals surface area contributed by atoms with Crippen LogP contribution in [0.15, 0.2) is 61.2 Å². The highest BCUT2D eigenvalue weighted by molar-refractivity contribution is 5.32. The van der Waals surface area contributed by atoms with Gasteiger partial charge in [-0.15, -0.1) is 0 Å². The van der Waals surface area contributed by atoms with Crippen LogP contribution in [0, 0.1) is 11.3 Å². The van der Waals surface area contributed by atoms with Gasteiger partial charge in [0.25, 0.3) is 0 Å². The van der Waals surface area contributed by atoms with Crippen LogP contribution in [0.2, 0.25) is 0 Å². The summed E-state index contributed by atoms with van der Waals surface area (Å²) >= 11 is 0. The van der Waals surface area contributed by atoms with Gasteiger partial charge in [0, 0.05) is 18.6 Å². The van der Waals surface area contributed by atoms with E-state index < -0.39 is 0 Å². The zero-order valence-electron chi connectivity index (χ0n) is 10.3. The number of aromatic nitrogens is 3. The lowest BCUT2D eigenvalue weighted by Gasteiger charge is -2.01. The van der Waals surface area contributed by atoms with Crippen molar-refractivity contribution in [3.63, 3.8) is 0 Å². The molecule has 92 valence electrons. The van der Waals surface area contributed by atoms with E-state index in [1.165, 1.54) is 0 Å². The van der Waals surface area contributed by atoms with Gasteiger partial charge < -0.3 is 4.57 Å². The predicted octanol–water partition coefficient (Wildman–Crippen LogP) is 2.59.